The third kappa shape index (κ3) is 6.93. The predicted molar refractivity (Wildman–Crippen MR) is 145 cm³/mol. The maximum absolute atomic E-state index is 13.4. The molecule has 3 atom stereocenters. The van der Waals surface area contributed by atoms with Gasteiger partial charge in [0.05, 0.1) is 19.1 Å². The molecule has 38 heavy (non-hydrogen) atoms. The van der Waals surface area contributed by atoms with Crippen molar-refractivity contribution in [3.8, 4) is 5.75 Å². The fourth-order valence-corrected chi connectivity index (χ4v) is 4.60. The third-order valence-corrected chi connectivity index (χ3v) is 6.81. The first-order chi connectivity index (χ1) is 18.3. The molecule has 9 heteroatoms. The number of aromatic nitrogens is 2. The molecule has 200 valence electrons. The van der Waals surface area contributed by atoms with Gasteiger partial charge in [-0.05, 0) is 62.0 Å². The van der Waals surface area contributed by atoms with Gasteiger partial charge in [-0.15, -0.1) is 0 Å². The molecule has 1 aliphatic heterocycles. The summed E-state index contributed by atoms with van der Waals surface area (Å²) in [5.41, 5.74) is 2.90. The van der Waals surface area contributed by atoms with E-state index in [0.717, 1.165) is 12.1 Å². The van der Waals surface area contributed by atoms with Crippen LogP contribution in [0.4, 0.5) is 5.69 Å². The number of carbonyl (C=O) groups excluding carboxylic acids is 2. The molecule has 0 aliphatic carbocycles. The lowest BCUT2D eigenvalue weighted by Crippen LogP contribution is -2.47. The molecule has 3 aromatic rings. The van der Waals surface area contributed by atoms with Crippen LogP contribution in [0.15, 0.2) is 67.3 Å². The number of carbonyl (C=O) groups is 2. The van der Waals surface area contributed by atoms with E-state index in [4.69, 9.17) is 4.74 Å². The first-order valence-electron chi connectivity index (χ1n) is 12.8. The number of nitrogens with zero attached hydrogens (tertiary/aromatic N) is 4. The molecular weight excluding hydrogens is 482 g/mol. The SMILES string of the molecule is C[C@H](CO)N1C[C@H](C)[C@H](CN(C)Cc2ccncc2)Oc2ccc(NC(=O)c3ccncc3)cc2CC1=O. The van der Waals surface area contributed by atoms with Crippen molar-refractivity contribution in [3.63, 3.8) is 0 Å². The molecule has 0 spiro atoms. The number of fused-ring (bicyclic) bond motifs is 1. The van der Waals surface area contributed by atoms with Crippen LogP contribution in [-0.4, -0.2) is 75.6 Å². The minimum Gasteiger partial charge on any atom is -0.488 e. The Labute approximate surface area is 223 Å². The Morgan fingerprint density at radius 2 is 1.84 bits per heavy atom. The Morgan fingerprint density at radius 1 is 1.16 bits per heavy atom. The van der Waals surface area contributed by atoms with E-state index in [0.29, 0.717) is 35.7 Å². The summed E-state index contributed by atoms with van der Waals surface area (Å²) in [6.07, 6.45) is 6.58. The standard InChI is InChI=1S/C29H35N5O4/c1-20-16-34(21(2)19-35)28(36)15-24-14-25(32-29(37)23-8-12-31-13-9-23)4-5-26(24)38-27(20)18-33(3)17-22-6-10-30-11-7-22/h4-14,20-21,27,35H,15-19H2,1-3H3,(H,32,37)/t20-,21+,27-/m0/s1. The summed E-state index contributed by atoms with van der Waals surface area (Å²) < 4.78 is 6.58. The van der Waals surface area contributed by atoms with Crippen LogP contribution in [0.5, 0.6) is 5.75 Å². The zero-order valence-electron chi connectivity index (χ0n) is 22.1. The highest BCUT2D eigenvalue weighted by atomic mass is 16.5. The molecule has 2 aromatic heterocycles. The summed E-state index contributed by atoms with van der Waals surface area (Å²) in [4.78, 5) is 38.1. The number of pyridine rings is 2. The highest BCUT2D eigenvalue weighted by Crippen LogP contribution is 2.29. The van der Waals surface area contributed by atoms with Gasteiger partial charge in [-0.2, -0.15) is 0 Å². The van der Waals surface area contributed by atoms with Crippen molar-refractivity contribution in [2.75, 3.05) is 32.1 Å². The molecule has 2 N–H and O–H groups in total. The Morgan fingerprint density at radius 3 is 2.53 bits per heavy atom. The largest absolute Gasteiger partial charge is 0.488 e. The summed E-state index contributed by atoms with van der Waals surface area (Å²) in [7, 11) is 2.04. The highest BCUT2D eigenvalue weighted by molar-refractivity contribution is 6.04. The molecule has 0 radical (unpaired) electrons. The van der Waals surface area contributed by atoms with Gasteiger partial charge >= 0.3 is 0 Å². The number of benzene rings is 1. The van der Waals surface area contributed by atoms with E-state index in [1.54, 1.807) is 54.0 Å². The number of hydrogen-bond donors (Lipinski definition) is 2. The smallest absolute Gasteiger partial charge is 0.255 e. The van der Waals surface area contributed by atoms with Crippen molar-refractivity contribution in [2.24, 2.45) is 5.92 Å². The van der Waals surface area contributed by atoms with Crippen molar-refractivity contribution in [3.05, 3.63) is 83.9 Å². The van der Waals surface area contributed by atoms with Crippen molar-refractivity contribution in [1.29, 1.82) is 0 Å². The van der Waals surface area contributed by atoms with Gasteiger partial charge in [0.2, 0.25) is 5.91 Å². The predicted octanol–water partition coefficient (Wildman–Crippen LogP) is 3.01. The molecule has 3 heterocycles. The van der Waals surface area contributed by atoms with Gasteiger partial charge in [0.1, 0.15) is 11.9 Å². The van der Waals surface area contributed by atoms with Gasteiger partial charge in [0, 0.05) is 67.2 Å². The van der Waals surface area contributed by atoms with E-state index < -0.39 is 0 Å². The average molecular weight is 518 g/mol. The fraction of sp³-hybridized carbons (Fsp3) is 0.379. The van der Waals surface area contributed by atoms with Gasteiger partial charge in [-0.3, -0.25) is 24.5 Å². The molecule has 0 bridgehead atoms. The molecule has 2 amide bonds. The van der Waals surface area contributed by atoms with Gasteiger partial charge in [-0.1, -0.05) is 6.92 Å². The van der Waals surface area contributed by atoms with Crippen LogP contribution < -0.4 is 10.1 Å². The van der Waals surface area contributed by atoms with Crippen LogP contribution in [0.25, 0.3) is 0 Å². The second-order valence-electron chi connectivity index (χ2n) is 9.95. The van der Waals surface area contributed by atoms with Gasteiger partial charge in [0.25, 0.3) is 5.91 Å². The monoisotopic (exact) mass is 517 g/mol. The Kier molecular flexibility index (Phi) is 9.04. The van der Waals surface area contributed by atoms with Gasteiger partial charge < -0.3 is 20.1 Å². The average Bonchev–Trinajstić information content (AvgIpc) is 2.97. The fourth-order valence-electron chi connectivity index (χ4n) is 4.60. The summed E-state index contributed by atoms with van der Waals surface area (Å²) in [5, 5.41) is 12.8. The quantitative estimate of drug-likeness (QED) is 0.473. The number of rotatable bonds is 8. The molecule has 0 fully saturated rings. The number of nitrogens with one attached hydrogen (secondary N) is 1. The summed E-state index contributed by atoms with van der Waals surface area (Å²) in [6.45, 7) is 5.63. The Balaban J connectivity index is 1.60. The molecule has 9 nitrogen and oxygen atoms in total. The van der Waals surface area contributed by atoms with Crippen LogP contribution in [0.2, 0.25) is 0 Å². The van der Waals surface area contributed by atoms with E-state index in [-0.39, 0.29) is 42.9 Å². The van der Waals surface area contributed by atoms with Crippen LogP contribution >= 0.6 is 0 Å². The van der Waals surface area contributed by atoms with Crippen molar-refractivity contribution >= 4 is 17.5 Å². The Hall–Kier alpha value is -3.82. The second-order valence-corrected chi connectivity index (χ2v) is 9.95. The number of aliphatic hydroxyl groups is 1. The second kappa shape index (κ2) is 12.6. The van der Waals surface area contributed by atoms with E-state index in [1.165, 1.54) is 0 Å². The number of amides is 2. The van der Waals surface area contributed by atoms with Crippen LogP contribution in [0.3, 0.4) is 0 Å². The van der Waals surface area contributed by atoms with Gasteiger partial charge in [-0.25, -0.2) is 0 Å². The first-order valence-corrected chi connectivity index (χ1v) is 12.8. The number of likely N-dealkylation sites (N-methyl/N-ethyl adjacent to an activating group) is 1. The number of aliphatic hydroxyl groups excluding tert-OH is 1. The number of hydrogen-bond acceptors (Lipinski definition) is 7. The maximum atomic E-state index is 13.4. The lowest BCUT2D eigenvalue weighted by atomic mass is 10.0. The molecule has 0 saturated carbocycles. The minimum absolute atomic E-state index is 0.00450. The third-order valence-electron chi connectivity index (χ3n) is 6.81. The summed E-state index contributed by atoms with van der Waals surface area (Å²) in [5.74, 6) is 0.270. The van der Waals surface area contributed by atoms with E-state index in [9.17, 15) is 14.7 Å². The lowest BCUT2D eigenvalue weighted by Gasteiger charge is -2.34. The van der Waals surface area contributed by atoms with E-state index in [1.807, 2.05) is 32.2 Å². The highest BCUT2D eigenvalue weighted by Gasteiger charge is 2.31. The van der Waals surface area contributed by atoms with Crippen molar-refractivity contribution < 1.29 is 19.4 Å². The van der Waals surface area contributed by atoms with Crippen LogP contribution in [0, 0.1) is 5.92 Å². The Bertz CT molecular complexity index is 1220. The van der Waals surface area contributed by atoms with Gasteiger partial charge in [0.15, 0.2) is 0 Å². The normalized spacial score (nSPS) is 18.6. The van der Waals surface area contributed by atoms with E-state index in [2.05, 4.69) is 27.1 Å². The zero-order chi connectivity index (χ0) is 27.1. The molecule has 0 saturated heterocycles. The first kappa shape index (κ1) is 27.2. The van der Waals surface area contributed by atoms with E-state index >= 15 is 0 Å². The molecule has 1 aromatic carbocycles. The van der Waals surface area contributed by atoms with Crippen molar-refractivity contribution in [1.82, 2.24) is 19.8 Å². The molecule has 4 rings (SSSR count). The lowest BCUT2D eigenvalue weighted by molar-refractivity contribution is -0.134. The molecule has 1 aliphatic rings. The minimum atomic E-state index is -0.323. The number of ether oxygens (including phenoxy) is 1. The zero-order valence-corrected chi connectivity index (χ0v) is 22.1. The summed E-state index contributed by atoms with van der Waals surface area (Å²) >= 11 is 0. The molecule has 0 unspecified atom stereocenters. The summed E-state index contributed by atoms with van der Waals surface area (Å²) in [6, 6.07) is 12.3. The maximum Gasteiger partial charge on any atom is 0.255 e. The number of anilines is 1. The molecular formula is C29H35N5O4. The topological polar surface area (TPSA) is 108 Å². The van der Waals surface area contributed by atoms with Crippen LogP contribution in [-0.2, 0) is 17.8 Å². The van der Waals surface area contributed by atoms with Crippen molar-refractivity contribution in [2.45, 2.75) is 39.0 Å². The van der Waals surface area contributed by atoms with Crippen LogP contribution in [0.1, 0.15) is 35.3 Å².